The average molecular weight is 318 g/mol. The highest BCUT2D eigenvalue weighted by molar-refractivity contribution is 6.16. The molecule has 1 aliphatic rings. The van der Waals surface area contributed by atoms with Crippen LogP contribution in [0.2, 0.25) is 0 Å². The monoisotopic (exact) mass is 318 g/mol. The number of carbonyl (C=O) groups excluding carboxylic acids is 2. The van der Waals surface area contributed by atoms with Gasteiger partial charge in [0.25, 0.3) is 0 Å². The molecule has 0 saturated heterocycles. The van der Waals surface area contributed by atoms with Gasteiger partial charge in [-0.1, -0.05) is 31.2 Å². The van der Waals surface area contributed by atoms with Gasteiger partial charge in [-0.3, -0.25) is 4.79 Å². The predicted octanol–water partition coefficient (Wildman–Crippen LogP) is 3.11. The Labute approximate surface area is 136 Å². The molecule has 5 heteroatoms. The summed E-state index contributed by atoms with van der Waals surface area (Å²) in [5.41, 5.74) is 1.65. The normalized spacial score (nSPS) is 21.3. The topological polar surface area (TPSA) is 61.8 Å². The van der Waals surface area contributed by atoms with Gasteiger partial charge in [-0.05, 0) is 24.8 Å². The Hall–Kier alpha value is -2.30. The van der Waals surface area contributed by atoms with E-state index in [1.165, 1.54) is 20.5 Å². The van der Waals surface area contributed by atoms with Crippen molar-refractivity contribution in [1.82, 2.24) is 0 Å². The van der Waals surface area contributed by atoms with Crippen LogP contribution in [0.4, 0.5) is 0 Å². The second-order valence-electron chi connectivity index (χ2n) is 5.74. The van der Waals surface area contributed by atoms with Crippen LogP contribution in [0.25, 0.3) is 5.57 Å². The van der Waals surface area contributed by atoms with Crippen LogP contribution in [0.3, 0.4) is 0 Å². The smallest absolute Gasteiger partial charge is 0.341 e. The largest absolute Gasteiger partial charge is 0.503 e. The zero-order valence-electron chi connectivity index (χ0n) is 13.9. The average Bonchev–Trinajstić information content (AvgIpc) is 3.29. The Morgan fingerprint density at radius 3 is 2.48 bits per heavy atom. The van der Waals surface area contributed by atoms with E-state index in [0.717, 1.165) is 12.0 Å². The van der Waals surface area contributed by atoms with Crippen LogP contribution in [-0.4, -0.2) is 26.2 Å². The number of benzene rings is 1. The number of hydrogen-bond donors (Lipinski definition) is 0. The maximum absolute atomic E-state index is 12.0. The van der Waals surface area contributed by atoms with E-state index in [4.69, 9.17) is 14.2 Å². The summed E-state index contributed by atoms with van der Waals surface area (Å²) >= 11 is 0. The molecule has 1 saturated carbocycles. The first-order valence-corrected chi connectivity index (χ1v) is 7.60. The molecule has 0 spiro atoms. The van der Waals surface area contributed by atoms with Gasteiger partial charge in [0, 0.05) is 5.56 Å². The molecule has 23 heavy (non-hydrogen) atoms. The molecule has 0 heterocycles. The van der Waals surface area contributed by atoms with E-state index in [0.29, 0.717) is 11.5 Å². The molecule has 1 fully saturated rings. The maximum atomic E-state index is 12.0. The van der Waals surface area contributed by atoms with E-state index in [2.05, 4.69) is 0 Å². The minimum atomic E-state index is -0.506. The van der Waals surface area contributed by atoms with Gasteiger partial charge in [-0.2, -0.15) is 0 Å². The third-order valence-corrected chi connectivity index (χ3v) is 4.04. The Kier molecular flexibility index (Phi) is 5.42. The minimum Gasteiger partial charge on any atom is -0.503 e. The van der Waals surface area contributed by atoms with Gasteiger partial charge in [0.1, 0.15) is 11.7 Å². The molecular formula is C18H22O5. The molecule has 0 N–H and O–H groups in total. The van der Waals surface area contributed by atoms with Gasteiger partial charge >= 0.3 is 11.9 Å². The zero-order chi connectivity index (χ0) is 17.0. The molecule has 3 unspecified atom stereocenters. The highest BCUT2D eigenvalue weighted by atomic mass is 16.5. The molecule has 2 rings (SSSR count). The lowest BCUT2D eigenvalue weighted by Gasteiger charge is -2.18. The van der Waals surface area contributed by atoms with Crippen LogP contribution in [0.5, 0.6) is 0 Å². The first-order valence-electron chi connectivity index (χ1n) is 7.60. The summed E-state index contributed by atoms with van der Waals surface area (Å²) in [6, 6.07) is 7.25. The van der Waals surface area contributed by atoms with Crippen molar-refractivity contribution < 1.29 is 23.8 Å². The van der Waals surface area contributed by atoms with Gasteiger partial charge in [0.2, 0.25) is 0 Å². The van der Waals surface area contributed by atoms with Crippen molar-refractivity contribution in [3.05, 3.63) is 41.7 Å². The van der Waals surface area contributed by atoms with Crippen LogP contribution in [0.1, 0.15) is 37.5 Å². The van der Waals surface area contributed by atoms with Crippen LogP contribution in [0, 0.1) is 11.8 Å². The second-order valence-corrected chi connectivity index (χ2v) is 5.74. The van der Waals surface area contributed by atoms with Crippen molar-refractivity contribution in [2.24, 2.45) is 11.8 Å². The van der Waals surface area contributed by atoms with Crippen molar-refractivity contribution in [2.75, 3.05) is 14.2 Å². The van der Waals surface area contributed by atoms with Crippen LogP contribution in [0.15, 0.2) is 30.5 Å². The van der Waals surface area contributed by atoms with Gasteiger partial charge in [0.05, 0.1) is 26.4 Å². The minimum absolute atomic E-state index is 0.000734. The fraction of sp³-hybridized carbons (Fsp3) is 0.444. The van der Waals surface area contributed by atoms with Gasteiger partial charge < -0.3 is 14.2 Å². The summed E-state index contributed by atoms with van der Waals surface area (Å²) < 4.78 is 15.3. The first-order chi connectivity index (χ1) is 11.0. The van der Waals surface area contributed by atoms with Crippen LogP contribution in [-0.2, 0) is 23.8 Å². The van der Waals surface area contributed by atoms with E-state index < -0.39 is 12.1 Å². The zero-order valence-corrected chi connectivity index (χ0v) is 13.9. The maximum Gasteiger partial charge on any atom is 0.341 e. The van der Waals surface area contributed by atoms with Crippen LogP contribution >= 0.6 is 0 Å². The highest BCUT2D eigenvalue weighted by Gasteiger charge is 2.41. The van der Waals surface area contributed by atoms with Crippen molar-refractivity contribution in [3.8, 4) is 0 Å². The van der Waals surface area contributed by atoms with Crippen molar-refractivity contribution in [2.45, 2.75) is 26.4 Å². The van der Waals surface area contributed by atoms with Crippen molar-refractivity contribution in [3.63, 3.8) is 0 Å². The van der Waals surface area contributed by atoms with Crippen molar-refractivity contribution in [1.29, 1.82) is 0 Å². The summed E-state index contributed by atoms with van der Waals surface area (Å²) in [7, 11) is 2.77. The molecule has 0 amide bonds. The number of hydrogen-bond acceptors (Lipinski definition) is 5. The van der Waals surface area contributed by atoms with Gasteiger partial charge in [0.15, 0.2) is 0 Å². The molecule has 0 radical (unpaired) electrons. The third-order valence-electron chi connectivity index (χ3n) is 4.04. The van der Waals surface area contributed by atoms with E-state index in [9.17, 15) is 9.59 Å². The molecule has 1 aliphatic carbocycles. The van der Waals surface area contributed by atoms with E-state index >= 15 is 0 Å². The lowest BCUT2D eigenvalue weighted by molar-refractivity contribution is -0.150. The molecule has 0 aliphatic heterocycles. The fourth-order valence-corrected chi connectivity index (χ4v) is 2.52. The molecule has 1 aromatic carbocycles. The summed E-state index contributed by atoms with van der Waals surface area (Å²) in [5.74, 6) is -0.299. The Balaban J connectivity index is 2.27. The molecule has 124 valence electrons. The quantitative estimate of drug-likeness (QED) is 0.458. The number of esters is 2. The molecule has 3 atom stereocenters. The number of ether oxygens (including phenoxy) is 3. The Morgan fingerprint density at radius 2 is 1.91 bits per heavy atom. The number of methoxy groups -OCH3 is 2. The highest BCUT2D eigenvalue weighted by Crippen LogP contribution is 2.40. The summed E-state index contributed by atoms with van der Waals surface area (Å²) in [4.78, 5) is 24.0. The van der Waals surface area contributed by atoms with E-state index in [-0.39, 0.29) is 17.5 Å². The van der Waals surface area contributed by atoms with E-state index in [1.54, 1.807) is 13.0 Å². The Morgan fingerprint density at radius 1 is 1.26 bits per heavy atom. The summed E-state index contributed by atoms with van der Waals surface area (Å²) in [6.45, 7) is 3.83. The molecule has 0 aromatic heterocycles. The Bertz CT molecular complexity index is 620. The van der Waals surface area contributed by atoms with Crippen molar-refractivity contribution >= 4 is 17.5 Å². The second kappa shape index (κ2) is 7.31. The fourth-order valence-electron chi connectivity index (χ4n) is 2.52. The predicted molar refractivity (Wildman–Crippen MR) is 85.2 cm³/mol. The molecule has 0 bridgehead atoms. The van der Waals surface area contributed by atoms with Gasteiger partial charge in [-0.25, -0.2) is 4.79 Å². The standard InChI is InChI=1S/C18H22O5/c1-11-9-15(11)18(20)23-12(2)13-7-5-6-8-14(13)16(10-21-3)17(19)22-4/h5-8,10-12,15H,9H2,1-4H3. The summed E-state index contributed by atoms with van der Waals surface area (Å²) in [5, 5.41) is 0. The van der Waals surface area contributed by atoms with Crippen LogP contribution < -0.4 is 0 Å². The molecule has 1 aromatic rings. The molecule has 5 nitrogen and oxygen atoms in total. The number of rotatable bonds is 6. The first kappa shape index (κ1) is 17.1. The van der Waals surface area contributed by atoms with E-state index in [1.807, 2.05) is 25.1 Å². The SMILES string of the molecule is COC=C(C(=O)OC)c1ccccc1C(C)OC(=O)C1CC1C. The lowest BCUT2D eigenvalue weighted by Crippen LogP contribution is -2.14. The number of carbonyl (C=O) groups is 2. The molecular weight excluding hydrogens is 296 g/mol. The third kappa shape index (κ3) is 3.92. The summed E-state index contributed by atoms with van der Waals surface area (Å²) in [6.07, 6.45) is 1.75. The lowest BCUT2D eigenvalue weighted by atomic mass is 9.97. The van der Waals surface area contributed by atoms with Gasteiger partial charge in [-0.15, -0.1) is 0 Å².